The van der Waals surface area contributed by atoms with E-state index in [4.69, 9.17) is 9.47 Å². The molecule has 0 saturated heterocycles. The van der Waals surface area contributed by atoms with Gasteiger partial charge in [-0.3, -0.25) is 9.20 Å². The number of anilines is 1. The Morgan fingerprint density at radius 2 is 2.04 bits per heavy atom. The lowest BCUT2D eigenvalue weighted by Crippen LogP contribution is -2.40. The minimum Gasteiger partial charge on any atom is -0.485 e. The molecule has 1 aromatic carbocycles. The van der Waals surface area contributed by atoms with Gasteiger partial charge in [-0.1, -0.05) is 12.1 Å². The Labute approximate surface area is 131 Å². The van der Waals surface area contributed by atoms with Crippen molar-refractivity contribution in [3.05, 3.63) is 48.4 Å². The van der Waals surface area contributed by atoms with Gasteiger partial charge in [0.1, 0.15) is 12.4 Å². The highest BCUT2D eigenvalue weighted by atomic mass is 16.6. The Balaban J connectivity index is 1.56. The number of pyridine rings is 1. The van der Waals surface area contributed by atoms with Crippen LogP contribution in [0.15, 0.2) is 42.6 Å². The maximum absolute atomic E-state index is 12.5. The molecule has 3 heterocycles. The molecule has 1 N–H and O–H groups in total. The molecule has 0 saturated carbocycles. The summed E-state index contributed by atoms with van der Waals surface area (Å²) in [5, 5.41) is 10.9. The second kappa shape index (κ2) is 5.28. The Bertz CT molecular complexity index is 890. The summed E-state index contributed by atoms with van der Waals surface area (Å²) in [6.45, 7) is 2.01. The molecule has 7 heteroatoms. The number of amides is 1. The number of ether oxygens (including phenoxy) is 2. The Hall–Kier alpha value is -3.09. The number of para-hydroxylation sites is 2. The van der Waals surface area contributed by atoms with Crippen LogP contribution in [0.25, 0.3) is 5.65 Å². The molecule has 0 bridgehead atoms. The number of nitrogens with zero attached hydrogens (tertiary/aromatic N) is 3. The molecule has 1 amide bonds. The SMILES string of the molecule is Cc1nnc2c(NC(=O)[C@@H]3COc4ccccc4O3)cccn12. The number of aryl methyl sites for hydroxylation is 1. The molecule has 0 aliphatic carbocycles. The van der Waals surface area contributed by atoms with E-state index < -0.39 is 6.10 Å². The van der Waals surface area contributed by atoms with Crippen LogP contribution < -0.4 is 14.8 Å². The van der Waals surface area contributed by atoms with Gasteiger partial charge >= 0.3 is 0 Å². The monoisotopic (exact) mass is 310 g/mol. The van der Waals surface area contributed by atoms with Gasteiger partial charge in [0.15, 0.2) is 17.1 Å². The summed E-state index contributed by atoms with van der Waals surface area (Å²) in [4.78, 5) is 12.5. The van der Waals surface area contributed by atoms with Crippen LogP contribution in [0.4, 0.5) is 5.69 Å². The molecule has 1 aliphatic rings. The first kappa shape index (κ1) is 13.6. The maximum Gasteiger partial charge on any atom is 0.269 e. The van der Waals surface area contributed by atoms with Crippen LogP contribution >= 0.6 is 0 Å². The zero-order chi connectivity index (χ0) is 15.8. The standard InChI is InChI=1S/C16H14N4O3/c1-10-18-19-15-11(5-4-8-20(10)15)17-16(21)14-9-22-12-6-2-3-7-13(12)23-14/h2-8,14H,9H2,1H3,(H,17,21)/t14-/m0/s1. The van der Waals surface area contributed by atoms with Crippen LogP contribution in [-0.2, 0) is 4.79 Å². The first-order valence-electron chi connectivity index (χ1n) is 7.22. The lowest BCUT2D eigenvalue weighted by molar-refractivity contribution is -0.125. The van der Waals surface area contributed by atoms with Gasteiger partial charge in [-0.15, -0.1) is 10.2 Å². The van der Waals surface area contributed by atoms with Gasteiger partial charge in [-0.25, -0.2) is 0 Å². The number of rotatable bonds is 2. The van der Waals surface area contributed by atoms with Crippen molar-refractivity contribution in [2.45, 2.75) is 13.0 Å². The number of carbonyl (C=O) groups excluding carboxylic acids is 1. The highest BCUT2D eigenvalue weighted by molar-refractivity contribution is 5.97. The average Bonchev–Trinajstić information content (AvgIpc) is 2.97. The molecule has 3 aromatic rings. The van der Waals surface area contributed by atoms with Crippen LogP contribution in [-0.4, -0.2) is 33.2 Å². The molecule has 0 radical (unpaired) electrons. The molecule has 0 unspecified atom stereocenters. The van der Waals surface area contributed by atoms with E-state index in [9.17, 15) is 4.79 Å². The molecule has 4 rings (SSSR count). The van der Waals surface area contributed by atoms with E-state index in [1.165, 1.54) is 0 Å². The topological polar surface area (TPSA) is 77.8 Å². The first-order valence-corrected chi connectivity index (χ1v) is 7.22. The largest absolute Gasteiger partial charge is 0.485 e. The molecular formula is C16H14N4O3. The van der Waals surface area contributed by atoms with Gasteiger partial charge in [0.2, 0.25) is 6.10 Å². The number of fused-ring (bicyclic) bond motifs is 2. The highest BCUT2D eigenvalue weighted by Gasteiger charge is 2.27. The molecule has 2 aromatic heterocycles. The summed E-state index contributed by atoms with van der Waals surface area (Å²) in [6, 6.07) is 10.9. The fourth-order valence-corrected chi connectivity index (χ4v) is 2.49. The van der Waals surface area contributed by atoms with Gasteiger partial charge in [0.05, 0.1) is 5.69 Å². The van der Waals surface area contributed by atoms with Crippen molar-refractivity contribution < 1.29 is 14.3 Å². The quantitative estimate of drug-likeness (QED) is 0.781. The van der Waals surface area contributed by atoms with Gasteiger partial charge in [-0.05, 0) is 31.2 Å². The molecule has 1 atom stereocenters. The zero-order valence-electron chi connectivity index (χ0n) is 12.4. The van der Waals surface area contributed by atoms with Crippen LogP contribution in [0.3, 0.4) is 0 Å². The number of benzene rings is 1. The lowest BCUT2D eigenvalue weighted by atomic mass is 10.2. The smallest absolute Gasteiger partial charge is 0.269 e. The van der Waals surface area contributed by atoms with Gasteiger partial charge in [0.25, 0.3) is 5.91 Å². The zero-order valence-corrected chi connectivity index (χ0v) is 12.4. The van der Waals surface area contributed by atoms with Gasteiger partial charge in [-0.2, -0.15) is 0 Å². The highest BCUT2D eigenvalue weighted by Crippen LogP contribution is 2.31. The van der Waals surface area contributed by atoms with Crippen molar-refractivity contribution in [1.29, 1.82) is 0 Å². The maximum atomic E-state index is 12.5. The predicted octanol–water partition coefficient (Wildman–Crippen LogP) is 1.82. The third kappa shape index (κ3) is 2.36. The van der Waals surface area contributed by atoms with Crippen molar-refractivity contribution in [2.75, 3.05) is 11.9 Å². The van der Waals surface area contributed by atoms with E-state index in [1.54, 1.807) is 12.1 Å². The number of hydrogen-bond acceptors (Lipinski definition) is 5. The van der Waals surface area contributed by atoms with E-state index >= 15 is 0 Å². The minimum absolute atomic E-state index is 0.164. The van der Waals surface area contributed by atoms with Crippen LogP contribution in [0, 0.1) is 6.92 Å². The fourth-order valence-electron chi connectivity index (χ4n) is 2.49. The van der Waals surface area contributed by atoms with Crippen molar-refractivity contribution in [2.24, 2.45) is 0 Å². The second-order valence-corrected chi connectivity index (χ2v) is 5.22. The van der Waals surface area contributed by atoms with Crippen LogP contribution in [0.2, 0.25) is 0 Å². The molecule has 0 fully saturated rings. The fraction of sp³-hybridized carbons (Fsp3) is 0.188. The predicted molar refractivity (Wildman–Crippen MR) is 82.7 cm³/mol. The summed E-state index contributed by atoms with van der Waals surface area (Å²) in [6.07, 6.45) is 1.13. The second-order valence-electron chi connectivity index (χ2n) is 5.22. The van der Waals surface area contributed by atoms with E-state index in [0.29, 0.717) is 22.8 Å². The molecule has 116 valence electrons. The average molecular weight is 310 g/mol. The molecule has 23 heavy (non-hydrogen) atoms. The van der Waals surface area contributed by atoms with E-state index in [1.807, 2.05) is 41.8 Å². The first-order chi connectivity index (χ1) is 11.2. The third-order valence-electron chi connectivity index (χ3n) is 3.66. The van der Waals surface area contributed by atoms with Crippen molar-refractivity contribution >= 4 is 17.2 Å². The molecule has 0 spiro atoms. The normalized spacial score (nSPS) is 16.3. The summed E-state index contributed by atoms with van der Waals surface area (Å²) in [5.41, 5.74) is 1.18. The minimum atomic E-state index is -0.714. The van der Waals surface area contributed by atoms with E-state index in [2.05, 4.69) is 15.5 Å². The summed E-state index contributed by atoms with van der Waals surface area (Å²) >= 11 is 0. The third-order valence-corrected chi connectivity index (χ3v) is 3.66. The molecule has 1 aliphatic heterocycles. The number of hydrogen-bond donors (Lipinski definition) is 1. The van der Waals surface area contributed by atoms with Crippen LogP contribution in [0.1, 0.15) is 5.82 Å². The Morgan fingerprint density at radius 1 is 1.22 bits per heavy atom. The van der Waals surface area contributed by atoms with E-state index in [0.717, 1.165) is 5.82 Å². The number of carbonyl (C=O) groups is 1. The molecular weight excluding hydrogens is 296 g/mol. The van der Waals surface area contributed by atoms with Gasteiger partial charge in [0, 0.05) is 6.20 Å². The lowest BCUT2D eigenvalue weighted by Gasteiger charge is -2.25. The summed E-state index contributed by atoms with van der Waals surface area (Å²) < 4.78 is 13.1. The molecule has 7 nitrogen and oxygen atoms in total. The number of aromatic nitrogens is 3. The number of nitrogens with one attached hydrogen (secondary N) is 1. The summed E-state index contributed by atoms with van der Waals surface area (Å²) in [7, 11) is 0. The van der Waals surface area contributed by atoms with Crippen molar-refractivity contribution in [1.82, 2.24) is 14.6 Å². The Kier molecular flexibility index (Phi) is 3.11. The van der Waals surface area contributed by atoms with Crippen LogP contribution in [0.5, 0.6) is 11.5 Å². The van der Waals surface area contributed by atoms with Crippen molar-refractivity contribution in [3.63, 3.8) is 0 Å². The Morgan fingerprint density at radius 3 is 2.91 bits per heavy atom. The van der Waals surface area contributed by atoms with Crippen molar-refractivity contribution in [3.8, 4) is 11.5 Å². The van der Waals surface area contributed by atoms with E-state index in [-0.39, 0.29) is 12.5 Å². The summed E-state index contributed by atoms with van der Waals surface area (Å²) in [5.74, 6) is 1.68. The van der Waals surface area contributed by atoms with Gasteiger partial charge < -0.3 is 14.8 Å².